The molecule has 0 saturated carbocycles. The molecule has 2 aromatic rings. The van der Waals surface area contributed by atoms with Gasteiger partial charge in [0, 0.05) is 17.4 Å². The minimum absolute atomic E-state index is 0.104. The van der Waals surface area contributed by atoms with Crippen molar-refractivity contribution < 1.29 is 27.5 Å². The zero-order valence-electron chi connectivity index (χ0n) is 13.1. The second-order valence-electron chi connectivity index (χ2n) is 5.31. The number of hydrogen-bond donors (Lipinski definition) is 4. The Morgan fingerprint density at radius 3 is 2.38 bits per heavy atom. The highest BCUT2D eigenvalue weighted by molar-refractivity contribution is 7.92. The molecule has 0 bridgehead atoms. The molecule has 0 spiro atoms. The first-order chi connectivity index (χ1) is 12.3. The van der Waals surface area contributed by atoms with Gasteiger partial charge in [0.1, 0.15) is 18.0 Å². The van der Waals surface area contributed by atoms with Crippen LogP contribution in [0.2, 0.25) is 0 Å². The number of nitrogens with zero attached hydrogens (tertiary/aromatic N) is 1. The summed E-state index contributed by atoms with van der Waals surface area (Å²) in [5, 5.41) is 14.8. The monoisotopic (exact) mass is 380 g/mol. The standard InChI is InChI=1S/C15H13FN4O5S/c16-11-6-10(18-15(23)17-9-4-2-1-3-5-9)7-12(21)14(11)20-8-13(22)19-26(20,24)25/h1-7,21H,8H2,(H,19,22)(H2,17,18,23). The Morgan fingerprint density at radius 2 is 1.81 bits per heavy atom. The predicted molar refractivity (Wildman–Crippen MR) is 91.6 cm³/mol. The number of anilines is 3. The number of benzene rings is 2. The van der Waals surface area contributed by atoms with Crippen LogP contribution in [0.3, 0.4) is 0 Å². The van der Waals surface area contributed by atoms with Crippen molar-refractivity contribution in [1.82, 2.24) is 4.72 Å². The molecule has 1 aliphatic heterocycles. The van der Waals surface area contributed by atoms with Gasteiger partial charge >= 0.3 is 16.2 Å². The first kappa shape index (κ1) is 17.5. The Kier molecular flexibility index (Phi) is 4.38. The molecule has 9 nitrogen and oxygen atoms in total. The van der Waals surface area contributed by atoms with Gasteiger partial charge in [-0.2, -0.15) is 8.42 Å². The van der Waals surface area contributed by atoms with Crippen LogP contribution in [0.4, 0.5) is 26.2 Å². The summed E-state index contributed by atoms with van der Waals surface area (Å²) in [6, 6.07) is 9.59. The molecule has 0 aliphatic carbocycles. The van der Waals surface area contributed by atoms with Crippen molar-refractivity contribution in [2.45, 2.75) is 0 Å². The average Bonchev–Trinajstić information content (AvgIpc) is 2.80. The van der Waals surface area contributed by atoms with Crippen LogP contribution in [-0.2, 0) is 15.0 Å². The summed E-state index contributed by atoms with van der Waals surface area (Å²) in [7, 11) is -4.28. The van der Waals surface area contributed by atoms with Crippen molar-refractivity contribution in [3.8, 4) is 5.75 Å². The molecular formula is C15H13FN4O5S. The molecule has 1 heterocycles. The zero-order chi connectivity index (χ0) is 18.9. The maximum atomic E-state index is 14.3. The van der Waals surface area contributed by atoms with E-state index in [1.54, 1.807) is 35.1 Å². The highest BCUT2D eigenvalue weighted by atomic mass is 32.2. The highest BCUT2D eigenvalue weighted by Crippen LogP contribution is 2.36. The number of phenols is 1. The quantitative estimate of drug-likeness (QED) is 0.639. The molecule has 1 saturated heterocycles. The third-order valence-electron chi connectivity index (χ3n) is 3.40. The van der Waals surface area contributed by atoms with Gasteiger partial charge in [-0.05, 0) is 18.2 Å². The van der Waals surface area contributed by atoms with Gasteiger partial charge in [0.25, 0.3) is 5.91 Å². The summed E-state index contributed by atoms with van der Waals surface area (Å²) >= 11 is 0. The number of para-hydroxylation sites is 1. The van der Waals surface area contributed by atoms with Crippen molar-refractivity contribution in [3.05, 3.63) is 48.3 Å². The molecule has 3 amide bonds. The van der Waals surface area contributed by atoms with Crippen LogP contribution in [0.15, 0.2) is 42.5 Å². The SMILES string of the molecule is O=C1CN(c2c(O)cc(NC(=O)Nc3ccccc3)cc2F)S(=O)(=O)N1. The molecule has 2 aromatic carbocycles. The molecule has 1 aliphatic rings. The van der Waals surface area contributed by atoms with E-state index in [1.807, 2.05) is 0 Å². The number of rotatable bonds is 3. The van der Waals surface area contributed by atoms with Gasteiger partial charge in [0.2, 0.25) is 0 Å². The van der Waals surface area contributed by atoms with E-state index in [0.29, 0.717) is 9.99 Å². The molecule has 0 aromatic heterocycles. The second kappa shape index (κ2) is 6.52. The molecule has 1 fully saturated rings. The number of urea groups is 1. The fourth-order valence-corrected chi connectivity index (χ4v) is 3.54. The normalized spacial score (nSPS) is 15.4. The largest absolute Gasteiger partial charge is 0.506 e. The molecular weight excluding hydrogens is 367 g/mol. The maximum Gasteiger partial charge on any atom is 0.326 e. The van der Waals surface area contributed by atoms with Gasteiger partial charge in [0.05, 0.1) is 0 Å². The Bertz CT molecular complexity index is 958. The molecule has 3 rings (SSSR count). The lowest BCUT2D eigenvalue weighted by atomic mass is 10.2. The van der Waals surface area contributed by atoms with Crippen LogP contribution in [0.25, 0.3) is 0 Å². The van der Waals surface area contributed by atoms with E-state index in [-0.39, 0.29) is 5.69 Å². The number of nitrogens with one attached hydrogen (secondary N) is 3. The first-order valence-electron chi connectivity index (χ1n) is 7.25. The Morgan fingerprint density at radius 1 is 1.15 bits per heavy atom. The van der Waals surface area contributed by atoms with Crippen LogP contribution in [0, 0.1) is 5.82 Å². The lowest BCUT2D eigenvalue weighted by molar-refractivity contribution is -0.117. The summed E-state index contributed by atoms with van der Waals surface area (Å²) in [4.78, 5) is 23.2. The molecule has 4 N–H and O–H groups in total. The number of phenolic OH excluding ortho intramolecular Hbond substituents is 1. The fourth-order valence-electron chi connectivity index (χ4n) is 2.36. The van der Waals surface area contributed by atoms with Crippen molar-refractivity contribution in [2.24, 2.45) is 0 Å². The highest BCUT2D eigenvalue weighted by Gasteiger charge is 2.37. The van der Waals surface area contributed by atoms with E-state index < -0.39 is 45.9 Å². The fraction of sp³-hybridized carbons (Fsp3) is 0.0667. The lowest BCUT2D eigenvalue weighted by Gasteiger charge is -2.18. The lowest BCUT2D eigenvalue weighted by Crippen LogP contribution is -2.30. The van der Waals surface area contributed by atoms with Gasteiger partial charge in [-0.1, -0.05) is 18.2 Å². The van der Waals surface area contributed by atoms with Crippen LogP contribution in [-0.4, -0.2) is 32.0 Å². The van der Waals surface area contributed by atoms with Crippen LogP contribution in [0.1, 0.15) is 0 Å². The van der Waals surface area contributed by atoms with E-state index in [4.69, 9.17) is 0 Å². The van der Waals surface area contributed by atoms with Crippen LogP contribution < -0.4 is 19.7 Å². The number of carbonyl (C=O) groups excluding carboxylic acids is 2. The van der Waals surface area contributed by atoms with Crippen molar-refractivity contribution >= 4 is 39.2 Å². The number of carbonyl (C=O) groups is 2. The number of aromatic hydroxyl groups is 1. The smallest absolute Gasteiger partial charge is 0.326 e. The zero-order valence-corrected chi connectivity index (χ0v) is 13.9. The van der Waals surface area contributed by atoms with Gasteiger partial charge < -0.3 is 15.7 Å². The van der Waals surface area contributed by atoms with E-state index in [0.717, 1.165) is 12.1 Å². The molecule has 11 heteroatoms. The van der Waals surface area contributed by atoms with E-state index in [2.05, 4.69) is 10.6 Å². The average molecular weight is 380 g/mol. The minimum Gasteiger partial charge on any atom is -0.506 e. The summed E-state index contributed by atoms with van der Waals surface area (Å²) in [6.45, 7) is -0.659. The summed E-state index contributed by atoms with van der Waals surface area (Å²) in [5.74, 6) is -2.73. The van der Waals surface area contributed by atoms with Crippen molar-refractivity contribution in [1.29, 1.82) is 0 Å². The molecule has 26 heavy (non-hydrogen) atoms. The number of hydrogen-bond acceptors (Lipinski definition) is 5. The molecule has 0 unspecified atom stereocenters. The predicted octanol–water partition coefficient (Wildman–Crippen LogP) is 1.36. The van der Waals surface area contributed by atoms with Gasteiger partial charge in [-0.25, -0.2) is 18.2 Å². The third-order valence-corrected chi connectivity index (χ3v) is 4.78. The molecule has 0 radical (unpaired) electrons. The maximum absolute atomic E-state index is 14.3. The topological polar surface area (TPSA) is 128 Å². The van der Waals surface area contributed by atoms with Gasteiger partial charge in [0.15, 0.2) is 5.82 Å². The number of halogens is 1. The van der Waals surface area contributed by atoms with Gasteiger partial charge in [-0.15, -0.1) is 0 Å². The van der Waals surface area contributed by atoms with E-state index >= 15 is 0 Å². The minimum atomic E-state index is -4.28. The van der Waals surface area contributed by atoms with Crippen LogP contribution in [0.5, 0.6) is 5.75 Å². The summed E-state index contributed by atoms with van der Waals surface area (Å²) in [5.41, 5.74) is -0.288. The third kappa shape index (κ3) is 3.52. The Balaban J connectivity index is 1.81. The summed E-state index contributed by atoms with van der Waals surface area (Å²) in [6.07, 6.45) is 0. The Hall–Kier alpha value is -3.34. The Labute approximate surface area is 147 Å². The second-order valence-corrected chi connectivity index (χ2v) is 6.90. The van der Waals surface area contributed by atoms with Gasteiger partial charge in [-0.3, -0.25) is 4.79 Å². The molecule has 136 valence electrons. The van der Waals surface area contributed by atoms with Crippen LogP contribution >= 0.6 is 0 Å². The van der Waals surface area contributed by atoms with E-state index in [9.17, 15) is 27.5 Å². The van der Waals surface area contributed by atoms with E-state index in [1.165, 1.54) is 0 Å². The number of amides is 3. The molecule has 0 atom stereocenters. The first-order valence-corrected chi connectivity index (χ1v) is 8.69. The summed E-state index contributed by atoms with van der Waals surface area (Å²) < 4.78 is 40.0. The van der Waals surface area contributed by atoms with Crippen molar-refractivity contribution in [3.63, 3.8) is 0 Å². The van der Waals surface area contributed by atoms with Crippen molar-refractivity contribution in [2.75, 3.05) is 21.5 Å².